The van der Waals surface area contributed by atoms with Crippen molar-refractivity contribution < 1.29 is 4.79 Å². The summed E-state index contributed by atoms with van der Waals surface area (Å²) in [4.78, 5) is 16.7. The lowest BCUT2D eigenvalue weighted by Gasteiger charge is -2.18. The van der Waals surface area contributed by atoms with Crippen molar-refractivity contribution in [3.05, 3.63) is 34.7 Å². The highest BCUT2D eigenvalue weighted by molar-refractivity contribution is 7.09. The van der Waals surface area contributed by atoms with Crippen LogP contribution in [0.1, 0.15) is 18.9 Å². The highest BCUT2D eigenvalue weighted by atomic mass is 32.1. The molecule has 0 spiro atoms. The van der Waals surface area contributed by atoms with E-state index in [4.69, 9.17) is 5.73 Å². The van der Waals surface area contributed by atoms with Gasteiger partial charge in [0.25, 0.3) is 0 Å². The molecule has 0 saturated heterocycles. The van der Waals surface area contributed by atoms with Crippen molar-refractivity contribution in [2.75, 3.05) is 11.9 Å². The normalized spacial score (nSPS) is 12.4. The maximum atomic E-state index is 12.2. The van der Waals surface area contributed by atoms with Gasteiger partial charge in [0, 0.05) is 23.2 Å². The Hall–Kier alpha value is -1.72. The first-order valence-electron chi connectivity index (χ1n) is 7.04. The van der Waals surface area contributed by atoms with Crippen LogP contribution in [0.5, 0.6) is 0 Å². The Morgan fingerprint density at radius 1 is 1.43 bits per heavy atom. The fourth-order valence-electron chi connectivity index (χ4n) is 2.17. The number of rotatable bonds is 5. The van der Waals surface area contributed by atoms with E-state index in [0.29, 0.717) is 6.54 Å². The van der Waals surface area contributed by atoms with Gasteiger partial charge in [0.2, 0.25) is 5.91 Å². The molecule has 0 saturated carbocycles. The monoisotopic (exact) mass is 303 g/mol. The van der Waals surface area contributed by atoms with E-state index in [1.807, 2.05) is 50.4 Å². The number of nitrogens with two attached hydrogens (primary N) is 1. The van der Waals surface area contributed by atoms with Gasteiger partial charge >= 0.3 is 0 Å². The van der Waals surface area contributed by atoms with Crippen LogP contribution in [0.4, 0.5) is 5.69 Å². The van der Waals surface area contributed by atoms with Crippen molar-refractivity contribution in [3.8, 4) is 11.3 Å². The van der Waals surface area contributed by atoms with Gasteiger partial charge in [-0.15, -0.1) is 11.3 Å². The zero-order valence-electron chi connectivity index (χ0n) is 12.6. The first-order valence-corrected chi connectivity index (χ1v) is 7.92. The van der Waals surface area contributed by atoms with Crippen LogP contribution < -0.4 is 11.1 Å². The molecular weight excluding hydrogens is 282 g/mol. The third-order valence-corrected chi connectivity index (χ3v) is 4.21. The Morgan fingerprint density at radius 3 is 2.76 bits per heavy atom. The molecular formula is C16H21N3OS. The fraction of sp³-hybridized carbons (Fsp3) is 0.375. The second-order valence-corrected chi connectivity index (χ2v) is 6.47. The molecule has 2 rings (SSSR count). The Balaban J connectivity index is 2.16. The largest absolute Gasteiger partial charge is 0.330 e. The number of thiazole rings is 1. The van der Waals surface area contributed by atoms with Gasteiger partial charge < -0.3 is 11.1 Å². The molecule has 1 aromatic carbocycles. The van der Waals surface area contributed by atoms with Crippen molar-refractivity contribution in [3.63, 3.8) is 0 Å². The van der Waals surface area contributed by atoms with Gasteiger partial charge in [0.05, 0.1) is 16.6 Å². The van der Waals surface area contributed by atoms with E-state index in [0.717, 1.165) is 22.0 Å². The van der Waals surface area contributed by atoms with Crippen LogP contribution in [0.25, 0.3) is 11.3 Å². The fourth-order valence-corrected chi connectivity index (χ4v) is 2.79. The zero-order valence-corrected chi connectivity index (χ0v) is 13.4. The topological polar surface area (TPSA) is 68.0 Å². The number of benzene rings is 1. The number of carbonyl (C=O) groups is 1. The molecule has 0 bridgehead atoms. The summed E-state index contributed by atoms with van der Waals surface area (Å²) in [5, 5.41) is 6.00. The predicted molar refractivity (Wildman–Crippen MR) is 88.3 cm³/mol. The number of amides is 1. The Labute approximate surface area is 129 Å². The second kappa shape index (κ2) is 6.83. The maximum absolute atomic E-state index is 12.2. The molecule has 2 aromatic rings. The van der Waals surface area contributed by atoms with Crippen LogP contribution in [0.3, 0.4) is 0 Å². The Morgan fingerprint density at radius 2 is 2.19 bits per heavy atom. The van der Waals surface area contributed by atoms with Gasteiger partial charge in [-0.05, 0) is 25.0 Å². The maximum Gasteiger partial charge on any atom is 0.229 e. The molecule has 5 heteroatoms. The van der Waals surface area contributed by atoms with Crippen molar-refractivity contribution in [2.45, 2.75) is 20.8 Å². The van der Waals surface area contributed by atoms with E-state index >= 15 is 0 Å². The number of aryl methyl sites for hydroxylation is 1. The molecule has 1 atom stereocenters. The summed E-state index contributed by atoms with van der Waals surface area (Å²) in [7, 11) is 0. The first-order chi connectivity index (χ1) is 10.0. The van der Waals surface area contributed by atoms with Crippen LogP contribution in [0.2, 0.25) is 0 Å². The molecule has 3 N–H and O–H groups in total. The Bertz CT molecular complexity index is 621. The first kappa shape index (κ1) is 15.7. The summed E-state index contributed by atoms with van der Waals surface area (Å²) < 4.78 is 0. The van der Waals surface area contributed by atoms with Gasteiger partial charge in [0.1, 0.15) is 0 Å². The highest BCUT2D eigenvalue weighted by Gasteiger charge is 2.20. The smallest absolute Gasteiger partial charge is 0.229 e. The molecule has 0 aliphatic carbocycles. The quantitative estimate of drug-likeness (QED) is 0.890. The van der Waals surface area contributed by atoms with Crippen molar-refractivity contribution in [1.29, 1.82) is 0 Å². The standard InChI is InChI=1S/C16H21N3OS/c1-10(2)14(8-17)16(20)19-13-6-4-5-12(7-13)15-9-21-11(3)18-15/h4-7,9-10,14H,8,17H2,1-3H3,(H,19,20). The van der Waals surface area contributed by atoms with Gasteiger partial charge in [-0.3, -0.25) is 4.79 Å². The number of hydrogen-bond donors (Lipinski definition) is 2. The van der Waals surface area contributed by atoms with Crippen LogP contribution in [0.15, 0.2) is 29.6 Å². The van der Waals surface area contributed by atoms with Gasteiger partial charge in [-0.25, -0.2) is 4.98 Å². The molecule has 21 heavy (non-hydrogen) atoms. The van der Waals surface area contributed by atoms with E-state index in [2.05, 4.69) is 10.3 Å². The zero-order chi connectivity index (χ0) is 15.4. The molecule has 112 valence electrons. The van der Waals surface area contributed by atoms with Crippen molar-refractivity contribution in [2.24, 2.45) is 17.6 Å². The van der Waals surface area contributed by atoms with E-state index in [9.17, 15) is 4.79 Å². The molecule has 1 heterocycles. The average molecular weight is 303 g/mol. The minimum atomic E-state index is -0.171. The minimum Gasteiger partial charge on any atom is -0.330 e. The molecule has 0 radical (unpaired) electrons. The van der Waals surface area contributed by atoms with E-state index in [1.54, 1.807) is 11.3 Å². The molecule has 1 aromatic heterocycles. The van der Waals surface area contributed by atoms with E-state index < -0.39 is 0 Å². The minimum absolute atomic E-state index is 0.0286. The molecule has 0 aliphatic rings. The van der Waals surface area contributed by atoms with Crippen LogP contribution in [0, 0.1) is 18.8 Å². The number of aromatic nitrogens is 1. The molecule has 4 nitrogen and oxygen atoms in total. The van der Waals surface area contributed by atoms with Crippen LogP contribution in [-0.2, 0) is 4.79 Å². The Kier molecular flexibility index (Phi) is 5.09. The third kappa shape index (κ3) is 3.89. The molecule has 0 fully saturated rings. The summed E-state index contributed by atoms with van der Waals surface area (Å²) in [6.07, 6.45) is 0. The summed E-state index contributed by atoms with van der Waals surface area (Å²) in [5.74, 6) is 0.0219. The second-order valence-electron chi connectivity index (χ2n) is 5.41. The summed E-state index contributed by atoms with van der Waals surface area (Å²) in [6, 6.07) is 7.74. The number of hydrogen-bond acceptors (Lipinski definition) is 4. The number of nitrogens with one attached hydrogen (secondary N) is 1. The van der Waals surface area contributed by atoms with Gasteiger partial charge in [0.15, 0.2) is 0 Å². The third-order valence-electron chi connectivity index (χ3n) is 3.44. The van der Waals surface area contributed by atoms with Crippen molar-refractivity contribution in [1.82, 2.24) is 4.98 Å². The summed E-state index contributed by atoms with van der Waals surface area (Å²) in [5.41, 5.74) is 8.41. The molecule has 1 unspecified atom stereocenters. The van der Waals surface area contributed by atoms with Gasteiger partial charge in [-0.2, -0.15) is 0 Å². The predicted octanol–water partition coefficient (Wildman–Crippen LogP) is 3.29. The van der Waals surface area contributed by atoms with Gasteiger partial charge in [-0.1, -0.05) is 26.0 Å². The number of carbonyl (C=O) groups excluding carboxylic acids is 1. The lowest BCUT2D eigenvalue weighted by molar-refractivity contribution is -0.120. The van der Waals surface area contributed by atoms with Crippen LogP contribution >= 0.6 is 11.3 Å². The van der Waals surface area contributed by atoms with E-state index in [-0.39, 0.29) is 17.7 Å². The highest BCUT2D eigenvalue weighted by Crippen LogP contribution is 2.24. The SMILES string of the molecule is Cc1nc(-c2cccc(NC(=O)C(CN)C(C)C)c2)cs1. The lowest BCUT2D eigenvalue weighted by Crippen LogP contribution is -2.33. The summed E-state index contributed by atoms with van der Waals surface area (Å²) in [6.45, 7) is 6.35. The molecule has 0 aliphatic heterocycles. The van der Waals surface area contributed by atoms with E-state index in [1.165, 1.54) is 0 Å². The number of anilines is 1. The van der Waals surface area contributed by atoms with Crippen LogP contribution in [-0.4, -0.2) is 17.4 Å². The summed E-state index contributed by atoms with van der Waals surface area (Å²) >= 11 is 1.62. The molecule has 1 amide bonds. The number of nitrogens with zero attached hydrogens (tertiary/aromatic N) is 1. The van der Waals surface area contributed by atoms with Crippen molar-refractivity contribution >= 4 is 22.9 Å². The lowest BCUT2D eigenvalue weighted by atomic mass is 9.95. The average Bonchev–Trinajstić information content (AvgIpc) is 2.86.